The molecule has 11 heteroatoms. The van der Waals surface area contributed by atoms with E-state index in [1.54, 1.807) is 43.3 Å². The van der Waals surface area contributed by atoms with Crippen LogP contribution in [0.25, 0.3) is 0 Å². The number of ether oxygens (including phenoxy) is 2. The van der Waals surface area contributed by atoms with Crippen molar-refractivity contribution in [2.24, 2.45) is 5.92 Å². The maximum atomic E-state index is 13.2. The Balaban J connectivity index is 1.65. The monoisotopic (exact) mass is 505 g/mol. The molecule has 9 nitrogen and oxygen atoms in total. The fraction of sp³-hybridized carbons (Fsp3) is 0.391. The highest BCUT2D eigenvalue weighted by Crippen LogP contribution is 2.38. The number of hydrogen-bond donors (Lipinski definition) is 1. The van der Waals surface area contributed by atoms with Crippen molar-refractivity contribution in [3.63, 3.8) is 0 Å². The molecule has 2 aliphatic heterocycles. The molecule has 0 spiro atoms. The Hall–Kier alpha value is -2.60. The summed E-state index contributed by atoms with van der Waals surface area (Å²) in [6, 6.07) is 11.8. The van der Waals surface area contributed by atoms with Crippen LogP contribution in [0, 0.1) is 5.92 Å². The molecule has 2 heterocycles. The third kappa shape index (κ3) is 5.07. The van der Waals surface area contributed by atoms with E-state index in [0.717, 1.165) is 4.90 Å². The number of carbonyl (C=O) groups is 2. The first-order valence-corrected chi connectivity index (χ1v) is 13.3. The average molecular weight is 506 g/mol. The lowest BCUT2D eigenvalue weighted by atomic mass is 10.1. The van der Waals surface area contributed by atoms with Crippen LogP contribution in [0.15, 0.2) is 52.3 Å². The van der Waals surface area contributed by atoms with Crippen LogP contribution in [0.4, 0.5) is 11.4 Å². The summed E-state index contributed by atoms with van der Waals surface area (Å²) in [6.45, 7) is 2.77. The van der Waals surface area contributed by atoms with E-state index in [9.17, 15) is 18.0 Å². The Morgan fingerprint density at radius 3 is 2.68 bits per heavy atom. The fourth-order valence-electron chi connectivity index (χ4n) is 3.84. The van der Waals surface area contributed by atoms with Gasteiger partial charge in [-0.05, 0) is 30.3 Å². The molecule has 2 aromatic rings. The number of rotatable bonds is 6. The Morgan fingerprint density at radius 2 is 1.94 bits per heavy atom. The molecule has 182 valence electrons. The largest absolute Gasteiger partial charge is 0.495 e. The highest BCUT2D eigenvalue weighted by Gasteiger charge is 2.33. The predicted molar refractivity (Wildman–Crippen MR) is 130 cm³/mol. The van der Waals surface area contributed by atoms with Crippen molar-refractivity contribution >= 4 is 45.0 Å². The number of nitrogens with zero attached hydrogens (tertiary/aromatic N) is 2. The minimum atomic E-state index is -3.76. The second-order valence-electron chi connectivity index (χ2n) is 8.03. The number of thioether (sulfide) groups is 1. The number of fused-ring (bicyclic) bond motifs is 1. The van der Waals surface area contributed by atoms with Gasteiger partial charge in [0, 0.05) is 29.7 Å². The van der Waals surface area contributed by atoms with Gasteiger partial charge in [0.25, 0.3) is 0 Å². The van der Waals surface area contributed by atoms with Crippen LogP contribution in [-0.4, -0.2) is 70.2 Å². The first kappa shape index (κ1) is 24.5. The van der Waals surface area contributed by atoms with Crippen LogP contribution in [-0.2, 0) is 24.3 Å². The first-order chi connectivity index (χ1) is 16.3. The lowest BCUT2D eigenvalue weighted by molar-refractivity contribution is -0.123. The van der Waals surface area contributed by atoms with Gasteiger partial charge in [-0.1, -0.05) is 19.1 Å². The SMILES string of the molecule is COc1ccccc1NC(=O)CN1C(=O)C(C)CSc2ccc(S(=O)(=O)N3CCOCC3)cc21. The van der Waals surface area contributed by atoms with Gasteiger partial charge in [0.15, 0.2) is 0 Å². The van der Waals surface area contributed by atoms with E-state index < -0.39 is 15.9 Å². The van der Waals surface area contributed by atoms with Crippen LogP contribution in [0.1, 0.15) is 6.92 Å². The third-order valence-electron chi connectivity index (χ3n) is 5.69. The summed E-state index contributed by atoms with van der Waals surface area (Å²) in [5.41, 5.74) is 0.910. The van der Waals surface area contributed by atoms with Crippen LogP contribution >= 0.6 is 11.8 Å². The smallest absolute Gasteiger partial charge is 0.244 e. The van der Waals surface area contributed by atoms with Crippen molar-refractivity contribution in [1.82, 2.24) is 4.31 Å². The Morgan fingerprint density at radius 1 is 1.21 bits per heavy atom. The predicted octanol–water partition coefficient (Wildman–Crippen LogP) is 2.43. The number of carbonyl (C=O) groups excluding carboxylic acids is 2. The van der Waals surface area contributed by atoms with Crippen LogP contribution in [0.3, 0.4) is 0 Å². The molecule has 0 radical (unpaired) electrons. The molecule has 0 bridgehead atoms. The molecule has 0 saturated carbocycles. The molecule has 2 aliphatic rings. The van der Waals surface area contributed by atoms with Crippen molar-refractivity contribution in [3.8, 4) is 5.75 Å². The summed E-state index contributed by atoms with van der Waals surface area (Å²) >= 11 is 1.47. The van der Waals surface area contributed by atoms with Gasteiger partial charge in [-0.2, -0.15) is 4.31 Å². The molecule has 4 rings (SSSR count). The molecule has 1 N–H and O–H groups in total. The quantitative estimate of drug-likeness (QED) is 0.643. The zero-order chi connectivity index (χ0) is 24.3. The van der Waals surface area contributed by atoms with Gasteiger partial charge in [0.05, 0.1) is 36.6 Å². The van der Waals surface area contributed by atoms with E-state index in [1.165, 1.54) is 34.1 Å². The summed E-state index contributed by atoms with van der Waals surface area (Å²) < 4.78 is 38.4. The van der Waals surface area contributed by atoms with Crippen molar-refractivity contribution in [3.05, 3.63) is 42.5 Å². The summed E-state index contributed by atoms with van der Waals surface area (Å²) in [5.74, 6) is 0.0511. The molecule has 2 aromatic carbocycles. The second kappa shape index (κ2) is 10.3. The van der Waals surface area contributed by atoms with Gasteiger partial charge >= 0.3 is 0 Å². The number of para-hydroxylation sites is 2. The average Bonchev–Trinajstić information content (AvgIpc) is 2.96. The van der Waals surface area contributed by atoms with Gasteiger partial charge in [-0.15, -0.1) is 11.8 Å². The maximum absolute atomic E-state index is 13.2. The molecule has 1 fully saturated rings. The van der Waals surface area contributed by atoms with Crippen molar-refractivity contribution in [2.75, 3.05) is 55.9 Å². The van der Waals surface area contributed by atoms with E-state index >= 15 is 0 Å². The second-order valence-corrected chi connectivity index (χ2v) is 11.0. The van der Waals surface area contributed by atoms with Crippen molar-refractivity contribution < 1.29 is 27.5 Å². The molecular formula is C23H27N3O6S2. The topological polar surface area (TPSA) is 105 Å². The number of amides is 2. The molecule has 1 atom stereocenters. The number of methoxy groups -OCH3 is 1. The van der Waals surface area contributed by atoms with Crippen molar-refractivity contribution in [2.45, 2.75) is 16.7 Å². The van der Waals surface area contributed by atoms with E-state index in [4.69, 9.17) is 9.47 Å². The highest BCUT2D eigenvalue weighted by molar-refractivity contribution is 7.99. The molecular weight excluding hydrogens is 478 g/mol. The zero-order valence-corrected chi connectivity index (χ0v) is 20.7. The molecule has 2 amide bonds. The summed E-state index contributed by atoms with van der Waals surface area (Å²) in [4.78, 5) is 28.4. The third-order valence-corrected chi connectivity index (χ3v) is 8.91. The standard InChI is InChI=1S/C23H27N3O6S2/c1-16-15-33-21-8-7-17(34(29,30)25-9-11-32-12-10-25)13-19(21)26(23(16)28)14-22(27)24-18-5-3-4-6-20(18)31-2/h3-8,13,16H,9-12,14-15H2,1-2H3,(H,24,27). The van der Waals surface area contributed by atoms with Gasteiger partial charge in [-0.25, -0.2) is 8.42 Å². The van der Waals surface area contributed by atoms with Gasteiger partial charge in [0.1, 0.15) is 12.3 Å². The van der Waals surface area contributed by atoms with Crippen LogP contribution < -0.4 is 15.0 Å². The minimum Gasteiger partial charge on any atom is -0.495 e. The number of nitrogens with one attached hydrogen (secondary N) is 1. The Labute approximate surface area is 203 Å². The van der Waals surface area contributed by atoms with E-state index in [-0.39, 0.29) is 36.4 Å². The molecule has 1 unspecified atom stereocenters. The molecule has 1 saturated heterocycles. The normalized spacial score (nSPS) is 19.3. The van der Waals surface area contributed by atoms with E-state index in [1.807, 2.05) is 0 Å². The lowest BCUT2D eigenvalue weighted by Crippen LogP contribution is -2.42. The number of morpholine rings is 1. The van der Waals surface area contributed by atoms with Crippen molar-refractivity contribution in [1.29, 1.82) is 0 Å². The number of hydrogen-bond acceptors (Lipinski definition) is 7. The summed E-state index contributed by atoms with van der Waals surface area (Å²) in [6.07, 6.45) is 0. The first-order valence-electron chi connectivity index (χ1n) is 10.9. The summed E-state index contributed by atoms with van der Waals surface area (Å²) in [7, 11) is -2.25. The molecule has 34 heavy (non-hydrogen) atoms. The fourth-order valence-corrected chi connectivity index (χ4v) is 6.32. The lowest BCUT2D eigenvalue weighted by Gasteiger charge is -2.27. The van der Waals surface area contributed by atoms with Gasteiger partial charge in [0.2, 0.25) is 21.8 Å². The highest BCUT2D eigenvalue weighted by atomic mass is 32.2. The number of sulfonamides is 1. The van der Waals surface area contributed by atoms with Crippen LogP contribution in [0.2, 0.25) is 0 Å². The molecule has 0 aliphatic carbocycles. The Kier molecular flexibility index (Phi) is 7.46. The van der Waals surface area contributed by atoms with E-state index in [0.29, 0.717) is 36.1 Å². The van der Waals surface area contributed by atoms with E-state index in [2.05, 4.69) is 5.32 Å². The maximum Gasteiger partial charge on any atom is 0.244 e. The number of anilines is 2. The Bertz CT molecular complexity index is 1180. The van der Waals surface area contributed by atoms with Gasteiger partial charge < -0.3 is 19.7 Å². The minimum absolute atomic E-state index is 0.0891. The van der Waals surface area contributed by atoms with Gasteiger partial charge in [-0.3, -0.25) is 9.59 Å². The van der Waals surface area contributed by atoms with Crippen LogP contribution in [0.5, 0.6) is 5.75 Å². The molecule has 0 aromatic heterocycles. The summed E-state index contributed by atoms with van der Waals surface area (Å²) in [5, 5.41) is 2.79. The number of benzene rings is 2. The zero-order valence-electron chi connectivity index (χ0n) is 19.0.